The number of hydrogen-bond donors (Lipinski definition) is 1. The summed E-state index contributed by atoms with van der Waals surface area (Å²) in [5, 5.41) is 3.16. The molecule has 0 unspecified atom stereocenters. The summed E-state index contributed by atoms with van der Waals surface area (Å²) in [5.41, 5.74) is 0.937. The van der Waals surface area contributed by atoms with Crippen molar-refractivity contribution in [2.24, 2.45) is 5.92 Å². The smallest absolute Gasteiger partial charge is 0.223 e. The molecule has 8 heteroatoms. The molecule has 0 radical (unpaired) electrons. The Bertz CT molecular complexity index is 803. The summed E-state index contributed by atoms with van der Waals surface area (Å²) in [6.07, 6.45) is 7.97. The highest BCUT2D eigenvalue weighted by atomic mass is 16.5. The number of aromatic nitrogens is 2. The quantitative estimate of drug-likeness (QED) is 0.665. The van der Waals surface area contributed by atoms with Crippen LogP contribution in [0.15, 0.2) is 6.07 Å². The van der Waals surface area contributed by atoms with Crippen LogP contribution in [-0.2, 0) is 14.3 Å². The minimum absolute atomic E-state index is 0.0845. The molecule has 2 aliphatic heterocycles. The Hall–Kier alpha value is -2.22. The number of rotatable bonds is 8. The summed E-state index contributed by atoms with van der Waals surface area (Å²) in [5.74, 6) is 3.05. The van der Waals surface area contributed by atoms with Gasteiger partial charge in [-0.05, 0) is 31.6 Å². The SMILES string of the molecule is CNc1cc([C@@H]2CC(=O)N(CCOC)C2)nc(C2CCN(C(=O)CC3CCCC3)CC2)n1. The lowest BCUT2D eigenvalue weighted by Crippen LogP contribution is -2.38. The van der Waals surface area contributed by atoms with E-state index in [1.807, 2.05) is 22.9 Å². The lowest BCUT2D eigenvalue weighted by Gasteiger charge is -2.32. The Labute approximate surface area is 191 Å². The molecular formula is C24H37N5O3. The van der Waals surface area contributed by atoms with Gasteiger partial charge in [0.05, 0.1) is 12.3 Å². The molecule has 32 heavy (non-hydrogen) atoms. The van der Waals surface area contributed by atoms with Crippen LogP contribution in [0.25, 0.3) is 0 Å². The molecule has 0 bridgehead atoms. The van der Waals surface area contributed by atoms with Crippen molar-refractivity contribution in [3.05, 3.63) is 17.6 Å². The third kappa shape index (κ3) is 5.39. The lowest BCUT2D eigenvalue weighted by atomic mass is 9.94. The van der Waals surface area contributed by atoms with Gasteiger partial charge in [-0.15, -0.1) is 0 Å². The second kappa shape index (κ2) is 10.6. The summed E-state index contributed by atoms with van der Waals surface area (Å²) in [6.45, 7) is 3.41. The highest BCUT2D eigenvalue weighted by Crippen LogP contribution is 2.33. The fourth-order valence-corrected chi connectivity index (χ4v) is 5.37. The molecule has 1 N–H and O–H groups in total. The van der Waals surface area contributed by atoms with Crippen molar-refractivity contribution < 1.29 is 14.3 Å². The van der Waals surface area contributed by atoms with Crippen molar-refractivity contribution in [3.63, 3.8) is 0 Å². The molecule has 8 nitrogen and oxygen atoms in total. The number of carbonyl (C=O) groups is 2. The van der Waals surface area contributed by atoms with Crippen LogP contribution in [0.3, 0.4) is 0 Å². The van der Waals surface area contributed by atoms with E-state index < -0.39 is 0 Å². The Morgan fingerprint density at radius 3 is 2.59 bits per heavy atom. The first-order chi connectivity index (χ1) is 15.6. The van der Waals surface area contributed by atoms with Gasteiger partial charge in [-0.3, -0.25) is 9.59 Å². The topological polar surface area (TPSA) is 87.7 Å². The van der Waals surface area contributed by atoms with E-state index in [1.54, 1.807) is 7.11 Å². The molecule has 2 amide bonds. The first-order valence-electron chi connectivity index (χ1n) is 12.2. The van der Waals surface area contributed by atoms with Gasteiger partial charge >= 0.3 is 0 Å². The first-order valence-corrected chi connectivity index (χ1v) is 12.2. The van der Waals surface area contributed by atoms with Gasteiger partial charge in [0.25, 0.3) is 0 Å². The number of methoxy groups -OCH3 is 1. The Balaban J connectivity index is 1.39. The van der Waals surface area contributed by atoms with Gasteiger partial charge in [-0.1, -0.05) is 12.8 Å². The van der Waals surface area contributed by atoms with Gasteiger partial charge < -0.3 is 19.9 Å². The molecular weight excluding hydrogens is 406 g/mol. The van der Waals surface area contributed by atoms with Crippen LogP contribution in [0.4, 0.5) is 5.82 Å². The molecule has 1 aromatic heterocycles. The fraction of sp³-hybridized carbons (Fsp3) is 0.750. The second-order valence-electron chi connectivity index (χ2n) is 9.53. The van der Waals surface area contributed by atoms with Crippen molar-refractivity contribution in [1.82, 2.24) is 19.8 Å². The molecule has 176 valence electrons. The molecule has 3 heterocycles. The van der Waals surface area contributed by atoms with Crippen LogP contribution in [0, 0.1) is 5.92 Å². The monoisotopic (exact) mass is 443 g/mol. The third-order valence-electron chi connectivity index (χ3n) is 7.37. The fourth-order valence-electron chi connectivity index (χ4n) is 5.37. The lowest BCUT2D eigenvalue weighted by molar-refractivity contribution is -0.133. The number of nitrogens with one attached hydrogen (secondary N) is 1. The third-order valence-corrected chi connectivity index (χ3v) is 7.37. The molecule has 4 rings (SSSR count). The van der Waals surface area contributed by atoms with E-state index in [-0.39, 0.29) is 17.7 Å². The zero-order valence-electron chi connectivity index (χ0n) is 19.5. The van der Waals surface area contributed by atoms with E-state index in [0.29, 0.717) is 37.9 Å². The highest BCUT2D eigenvalue weighted by molar-refractivity contribution is 5.79. The van der Waals surface area contributed by atoms with Crippen LogP contribution < -0.4 is 5.32 Å². The van der Waals surface area contributed by atoms with E-state index in [1.165, 1.54) is 25.7 Å². The van der Waals surface area contributed by atoms with Crippen LogP contribution in [0.2, 0.25) is 0 Å². The van der Waals surface area contributed by atoms with Gasteiger partial charge in [0, 0.05) is 71.1 Å². The largest absolute Gasteiger partial charge is 0.383 e. The van der Waals surface area contributed by atoms with E-state index >= 15 is 0 Å². The summed E-state index contributed by atoms with van der Waals surface area (Å²) in [4.78, 5) is 38.7. The summed E-state index contributed by atoms with van der Waals surface area (Å²) >= 11 is 0. The number of likely N-dealkylation sites (tertiary alicyclic amines) is 2. The van der Waals surface area contributed by atoms with Crippen molar-refractivity contribution in [2.75, 3.05) is 52.3 Å². The number of hydrogen-bond acceptors (Lipinski definition) is 6. The van der Waals surface area contributed by atoms with E-state index in [9.17, 15) is 9.59 Å². The van der Waals surface area contributed by atoms with Gasteiger partial charge in [0.2, 0.25) is 11.8 Å². The maximum Gasteiger partial charge on any atom is 0.223 e. The average Bonchev–Trinajstić information content (AvgIpc) is 3.47. The van der Waals surface area contributed by atoms with Crippen LogP contribution in [0.1, 0.15) is 74.7 Å². The average molecular weight is 444 g/mol. The molecule has 1 saturated carbocycles. The highest BCUT2D eigenvalue weighted by Gasteiger charge is 2.33. The molecule has 1 atom stereocenters. The maximum atomic E-state index is 12.7. The molecule has 3 aliphatic rings. The van der Waals surface area contributed by atoms with Crippen LogP contribution in [0.5, 0.6) is 0 Å². The molecule has 1 aliphatic carbocycles. The van der Waals surface area contributed by atoms with Crippen molar-refractivity contribution in [1.29, 1.82) is 0 Å². The predicted molar refractivity (Wildman–Crippen MR) is 123 cm³/mol. The van der Waals surface area contributed by atoms with Gasteiger partial charge in [-0.25, -0.2) is 9.97 Å². The number of amides is 2. The molecule has 1 aromatic rings. The second-order valence-corrected chi connectivity index (χ2v) is 9.53. The van der Waals surface area contributed by atoms with Crippen LogP contribution in [-0.4, -0.2) is 78.5 Å². The molecule has 0 spiro atoms. The number of nitrogens with zero attached hydrogens (tertiary/aromatic N) is 4. The number of anilines is 1. The van der Waals surface area contributed by atoms with Gasteiger partial charge in [0.1, 0.15) is 11.6 Å². The Morgan fingerprint density at radius 2 is 1.91 bits per heavy atom. The number of ether oxygens (including phenoxy) is 1. The molecule has 3 fully saturated rings. The van der Waals surface area contributed by atoms with Gasteiger partial charge in [-0.2, -0.15) is 0 Å². The van der Waals surface area contributed by atoms with E-state index in [0.717, 1.165) is 49.7 Å². The maximum absolute atomic E-state index is 12.7. The van der Waals surface area contributed by atoms with Crippen molar-refractivity contribution in [2.45, 2.75) is 63.2 Å². The predicted octanol–water partition coefficient (Wildman–Crippen LogP) is 2.77. The Kier molecular flexibility index (Phi) is 7.60. The van der Waals surface area contributed by atoms with Crippen molar-refractivity contribution in [3.8, 4) is 0 Å². The van der Waals surface area contributed by atoms with Crippen LogP contribution >= 0.6 is 0 Å². The summed E-state index contributed by atoms with van der Waals surface area (Å²) in [7, 11) is 3.52. The first kappa shape index (κ1) is 23.0. The summed E-state index contributed by atoms with van der Waals surface area (Å²) in [6, 6.07) is 1.97. The normalized spacial score (nSPS) is 22.7. The molecule has 0 aromatic carbocycles. The zero-order valence-corrected chi connectivity index (χ0v) is 19.5. The van der Waals surface area contributed by atoms with E-state index in [4.69, 9.17) is 14.7 Å². The summed E-state index contributed by atoms with van der Waals surface area (Å²) < 4.78 is 5.13. The number of carbonyl (C=O) groups excluding carboxylic acids is 2. The van der Waals surface area contributed by atoms with E-state index in [2.05, 4.69) is 5.32 Å². The standard InChI is InChI=1S/C24H37N5O3/c1-25-21-15-20(19-14-23(31)29(16-19)11-12-32-2)26-24(27-21)18-7-9-28(10-8-18)22(30)13-17-5-3-4-6-17/h15,17-19H,3-14,16H2,1-2H3,(H,25,26,27)/t19-/m1/s1. The minimum Gasteiger partial charge on any atom is -0.383 e. The minimum atomic E-state index is 0.0845. The van der Waals surface area contributed by atoms with Crippen molar-refractivity contribution >= 4 is 17.6 Å². The number of piperidine rings is 1. The van der Waals surface area contributed by atoms with Gasteiger partial charge in [0.15, 0.2) is 0 Å². The zero-order chi connectivity index (χ0) is 22.5. The molecule has 2 saturated heterocycles. The Morgan fingerprint density at radius 1 is 1.16 bits per heavy atom.